The first-order valence-corrected chi connectivity index (χ1v) is 12.1. The minimum Gasteiger partial charge on any atom is -0.336 e. The lowest BCUT2D eigenvalue weighted by atomic mass is 10.1. The summed E-state index contributed by atoms with van der Waals surface area (Å²) in [4.78, 5) is 13.7. The van der Waals surface area contributed by atoms with Crippen LogP contribution in [0.4, 0.5) is 13.2 Å². The molecule has 180 valence electrons. The molecule has 10 heteroatoms. The standard InChI is InChI=1S/C24H24F3N3O3S/c1-17-7-8-18(2)30(17)20-11-9-19(10-12-20)23(31)28-13-15-29(16-14-28)34(32,33)22-6-4-3-5-21(22)24(25,26)27/h3-12H,13-16H2,1-2H3. The first-order valence-electron chi connectivity index (χ1n) is 10.7. The molecule has 1 aliphatic rings. The number of benzene rings is 2. The fourth-order valence-electron chi connectivity index (χ4n) is 4.21. The highest BCUT2D eigenvalue weighted by Crippen LogP contribution is 2.35. The van der Waals surface area contributed by atoms with Crippen molar-refractivity contribution in [3.05, 3.63) is 83.2 Å². The normalized spacial score (nSPS) is 15.5. The van der Waals surface area contributed by atoms with Crippen LogP contribution >= 0.6 is 0 Å². The molecule has 1 saturated heterocycles. The zero-order valence-corrected chi connectivity index (χ0v) is 19.5. The van der Waals surface area contributed by atoms with Crippen molar-refractivity contribution in [1.29, 1.82) is 0 Å². The number of carbonyl (C=O) groups excluding carboxylic acids is 1. The summed E-state index contributed by atoms with van der Waals surface area (Å²) in [6, 6.07) is 15.3. The first kappa shape index (κ1) is 24.0. The molecule has 1 fully saturated rings. The predicted octanol–water partition coefficient (Wildman–Crippen LogP) is 4.26. The average molecular weight is 492 g/mol. The molecule has 2 heterocycles. The number of rotatable bonds is 4. The molecule has 0 N–H and O–H groups in total. The molecule has 6 nitrogen and oxygen atoms in total. The van der Waals surface area contributed by atoms with Crippen molar-refractivity contribution in [2.75, 3.05) is 26.2 Å². The molecule has 0 bridgehead atoms. The Morgan fingerprint density at radius 3 is 1.94 bits per heavy atom. The number of aryl methyl sites for hydroxylation is 2. The highest BCUT2D eigenvalue weighted by Gasteiger charge is 2.39. The second-order valence-corrected chi connectivity index (χ2v) is 10.1. The molecular formula is C24H24F3N3O3S. The van der Waals surface area contributed by atoms with E-state index in [-0.39, 0.29) is 32.1 Å². The van der Waals surface area contributed by atoms with Crippen molar-refractivity contribution in [3.63, 3.8) is 0 Å². The first-order chi connectivity index (χ1) is 16.0. The van der Waals surface area contributed by atoms with E-state index < -0.39 is 26.7 Å². The highest BCUT2D eigenvalue weighted by molar-refractivity contribution is 7.89. The Balaban J connectivity index is 1.47. The molecule has 0 radical (unpaired) electrons. The fraction of sp³-hybridized carbons (Fsp3) is 0.292. The fourth-order valence-corrected chi connectivity index (χ4v) is 5.84. The van der Waals surface area contributed by atoms with E-state index in [9.17, 15) is 26.4 Å². The molecule has 3 aromatic rings. The van der Waals surface area contributed by atoms with Gasteiger partial charge in [-0.1, -0.05) is 12.1 Å². The number of nitrogens with zero attached hydrogens (tertiary/aromatic N) is 3. The molecule has 0 atom stereocenters. The van der Waals surface area contributed by atoms with Gasteiger partial charge in [-0.15, -0.1) is 0 Å². The van der Waals surface area contributed by atoms with Gasteiger partial charge in [0.1, 0.15) is 0 Å². The summed E-state index contributed by atoms with van der Waals surface area (Å²) in [6.07, 6.45) is -4.79. The van der Waals surface area contributed by atoms with Crippen LogP contribution < -0.4 is 0 Å². The monoisotopic (exact) mass is 491 g/mol. The number of hydrogen-bond donors (Lipinski definition) is 0. The van der Waals surface area contributed by atoms with Crippen molar-refractivity contribution in [2.45, 2.75) is 24.9 Å². The number of sulfonamides is 1. The van der Waals surface area contributed by atoms with Crippen LogP contribution in [0.25, 0.3) is 5.69 Å². The van der Waals surface area contributed by atoms with Crippen molar-refractivity contribution in [3.8, 4) is 5.69 Å². The predicted molar refractivity (Wildman–Crippen MR) is 121 cm³/mol. The Kier molecular flexibility index (Phi) is 6.30. The van der Waals surface area contributed by atoms with E-state index >= 15 is 0 Å². The van der Waals surface area contributed by atoms with E-state index in [1.54, 1.807) is 12.1 Å². The van der Waals surface area contributed by atoms with E-state index in [0.29, 0.717) is 5.56 Å². The molecular weight excluding hydrogens is 467 g/mol. The summed E-state index contributed by atoms with van der Waals surface area (Å²) in [7, 11) is -4.36. The Morgan fingerprint density at radius 1 is 0.824 bits per heavy atom. The topological polar surface area (TPSA) is 62.6 Å². The molecule has 1 amide bonds. The average Bonchev–Trinajstić information content (AvgIpc) is 3.16. The number of halogens is 3. The summed E-state index contributed by atoms with van der Waals surface area (Å²) in [6.45, 7) is 3.99. The number of hydrogen-bond acceptors (Lipinski definition) is 3. The van der Waals surface area contributed by atoms with Crippen molar-refractivity contribution < 1.29 is 26.4 Å². The molecule has 0 saturated carbocycles. The van der Waals surface area contributed by atoms with E-state index in [0.717, 1.165) is 39.6 Å². The van der Waals surface area contributed by atoms with Gasteiger partial charge in [-0.05, 0) is 62.4 Å². The van der Waals surface area contributed by atoms with Crippen LogP contribution in [-0.4, -0.2) is 54.3 Å². The van der Waals surface area contributed by atoms with E-state index in [1.807, 2.05) is 38.1 Å². The molecule has 1 aliphatic heterocycles. The summed E-state index contributed by atoms with van der Waals surface area (Å²) < 4.78 is 68.9. The Hall–Kier alpha value is -3.11. The highest BCUT2D eigenvalue weighted by atomic mass is 32.2. The molecule has 34 heavy (non-hydrogen) atoms. The van der Waals surface area contributed by atoms with Crippen LogP contribution in [0, 0.1) is 13.8 Å². The van der Waals surface area contributed by atoms with E-state index in [4.69, 9.17) is 0 Å². The van der Waals surface area contributed by atoms with Gasteiger partial charge in [0.05, 0.1) is 10.5 Å². The number of alkyl halides is 3. The third kappa shape index (κ3) is 4.47. The minimum absolute atomic E-state index is 0.0832. The van der Waals surface area contributed by atoms with Gasteiger partial charge in [-0.3, -0.25) is 4.79 Å². The number of carbonyl (C=O) groups is 1. The largest absolute Gasteiger partial charge is 0.417 e. The van der Waals surface area contributed by atoms with Crippen molar-refractivity contribution in [1.82, 2.24) is 13.8 Å². The summed E-state index contributed by atoms with van der Waals surface area (Å²) >= 11 is 0. The van der Waals surface area contributed by atoms with Gasteiger partial charge in [0.25, 0.3) is 5.91 Å². The molecule has 0 spiro atoms. The maximum atomic E-state index is 13.3. The third-order valence-electron chi connectivity index (χ3n) is 5.98. The molecule has 1 aromatic heterocycles. The summed E-state index contributed by atoms with van der Waals surface area (Å²) in [5, 5.41) is 0. The smallest absolute Gasteiger partial charge is 0.336 e. The number of piperazine rings is 1. The SMILES string of the molecule is Cc1ccc(C)n1-c1ccc(C(=O)N2CCN(S(=O)(=O)c3ccccc3C(F)(F)F)CC2)cc1. The van der Waals surface area contributed by atoms with Crippen molar-refractivity contribution >= 4 is 15.9 Å². The van der Waals surface area contributed by atoms with Gasteiger partial charge in [-0.2, -0.15) is 17.5 Å². The van der Waals surface area contributed by atoms with Gasteiger partial charge in [-0.25, -0.2) is 8.42 Å². The van der Waals surface area contributed by atoms with Crippen LogP contribution in [0.2, 0.25) is 0 Å². The zero-order chi connectivity index (χ0) is 24.7. The molecule has 2 aromatic carbocycles. The lowest BCUT2D eigenvalue weighted by Crippen LogP contribution is -2.50. The third-order valence-corrected chi connectivity index (χ3v) is 7.94. The van der Waals surface area contributed by atoms with Crippen molar-refractivity contribution in [2.24, 2.45) is 0 Å². The lowest BCUT2D eigenvalue weighted by Gasteiger charge is -2.34. The van der Waals surface area contributed by atoms with Crippen LogP contribution in [0.3, 0.4) is 0 Å². The number of aromatic nitrogens is 1. The minimum atomic E-state index is -4.79. The molecule has 4 rings (SSSR count). The maximum absolute atomic E-state index is 13.3. The van der Waals surface area contributed by atoms with Crippen LogP contribution in [0.5, 0.6) is 0 Å². The van der Waals surface area contributed by atoms with Gasteiger partial charge >= 0.3 is 6.18 Å². The van der Waals surface area contributed by atoms with Gasteiger partial charge in [0, 0.05) is 48.8 Å². The molecule has 0 unspecified atom stereocenters. The summed E-state index contributed by atoms with van der Waals surface area (Å²) in [5.74, 6) is -0.250. The van der Waals surface area contributed by atoms with E-state index in [2.05, 4.69) is 4.57 Å². The second kappa shape index (κ2) is 8.92. The Bertz CT molecular complexity index is 1290. The molecule has 0 aliphatic carbocycles. The van der Waals surface area contributed by atoms with E-state index in [1.165, 1.54) is 11.0 Å². The van der Waals surface area contributed by atoms with Crippen LogP contribution in [0.1, 0.15) is 27.3 Å². The number of amides is 1. The second-order valence-electron chi connectivity index (χ2n) is 8.19. The lowest BCUT2D eigenvalue weighted by molar-refractivity contribution is -0.139. The van der Waals surface area contributed by atoms with Crippen LogP contribution in [-0.2, 0) is 16.2 Å². The summed E-state index contributed by atoms with van der Waals surface area (Å²) in [5.41, 5.74) is 2.34. The Morgan fingerprint density at radius 2 is 1.38 bits per heavy atom. The van der Waals surface area contributed by atoms with Crippen LogP contribution in [0.15, 0.2) is 65.6 Å². The van der Waals surface area contributed by atoms with Gasteiger partial charge < -0.3 is 9.47 Å². The van der Waals surface area contributed by atoms with Gasteiger partial charge in [0.15, 0.2) is 0 Å². The quantitative estimate of drug-likeness (QED) is 0.548. The zero-order valence-electron chi connectivity index (χ0n) is 18.7. The maximum Gasteiger partial charge on any atom is 0.417 e. The Labute approximate surface area is 196 Å². The van der Waals surface area contributed by atoms with Gasteiger partial charge in [0.2, 0.25) is 10.0 Å².